The number of aliphatic hydroxyl groups excluding tert-OH is 3. The molecule has 0 unspecified atom stereocenters. The van der Waals surface area contributed by atoms with Crippen molar-refractivity contribution in [2.45, 2.75) is 18.3 Å². The maximum atomic E-state index is 12.8. The summed E-state index contributed by atoms with van der Waals surface area (Å²) in [7, 11) is 0. The number of carboxylic acids is 1. The molecule has 4 N–H and O–H groups in total. The van der Waals surface area contributed by atoms with E-state index in [0.29, 0.717) is 5.75 Å². The number of halogens is 1. The first-order valence-electron chi connectivity index (χ1n) is 8.61. The summed E-state index contributed by atoms with van der Waals surface area (Å²) in [6.07, 6.45) is 5.35. The van der Waals surface area contributed by atoms with Crippen LogP contribution in [0.3, 0.4) is 0 Å². The normalized spacial score (nSPS) is 14.6. The Bertz CT molecular complexity index is 759. The van der Waals surface area contributed by atoms with E-state index < -0.39 is 30.9 Å². The van der Waals surface area contributed by atoms with Gasteiger partial charge in [-0.2, -0.15) is 0 Å². The van der Waals surface area contributed by atoms with E-state index >= 15 is 0 Å². The Labute approximate surface area is 168 Å². The van der Waals surface area contributed by atoms with Crippen LogP contribution < -0.4 is 4.74 Å². The van der Waals surface area contributed by atoms with Crippen molar-refractivity contribution in [3.63, 3.8) is 0 Å². The summed E-state index contributed by atoms with van der Waals surface area (Å²) in [5.74, 6) is 4.26. The minimum Gasteiger partial charge on any atom is -0.491 e. The van der Waals surface area contributed by atoms with Crippen LogP contribution in [0.1, 0.15) is 0 Å². The molecule has 0 aliphatic carbocycles. The fourth-order valence-electron chi connectivity index (χ4n) is 1.80. The Hall–Kier alpha value is -2.96. The van der Waals surface area contributed by atoms with E-state index in [-0.39, 0.29) is 19.0 Å². The Morgan fingerprint density at radius 3 is 2.41 bits per heavy atom. The molecule has 0 saturated heterocycles. The summed E-state index contributed by atoms with van der Waals surface area (Å²) in [5.41, 5.74) is 0. The van der Waals surface area contributed by atoms with Gasteiger partial charge >= 0.3 is 5.97 Å². The van der Waals surface area contributed by atoms with Crippen LogP contribution in [0.25, 0.3) is 0 Å². The van der Waals surface area contributed by atoms with Crippen LogP contribution in [-0.2, 0) is 9.53 Å². The van der Waals surface area contributed by atoms with Gasteiger partial charge in [-0.25, -0.2) is 9.18 Å². The minimum absolute atomic E-state index is 0.00121. The minimum atomic E-state index is -1.24. The molecule has 7 nitrogen and oxygen atoms in total. The molecule has 0 spiro atoms. The van der Waals surface area contributed by atoms with Crippen LogP contribution in [0, 0.1) is 17.7 Å². The molecule has 0 radical (unpaired) electrons. The topological polar surface area (TPSA) is 116 Å². The second-order valence-corrected chi connectivity index (χ2v) is 5.69. The molecule has 0 bridgehead atoms. The van der Waals surface area contributed by atoms with E-state index in [0.717, 1.165) is 0 Å². The van der Waals surface area contributed by atoms with Crippen molar-refractivity contribution in [2.75, 3.05) is 19.8 Å². The van der Waals surface area contributed by atoms with Gasteiger partial charge in [-0.05, 0) is 42.5 Å². The molecule has 3 atom stereocenters. The lowest BCUT2D eigenvalue weighted by Crippen LogP contribution is -2.29. The molecular formula is C21H23FO7. The fraction of sp³-hybridized carbons (Fsp3) is 0.286. The molecule has 0 saturated carbocycles. The predicted octanol–water partition coefficient (Wildman–Crippen LogP) is 1.06. The van der Waals surface area contributed by atoms with Crippen LogP contribution >= 0.6 is 0 Å². The summed E-state index contributed by atoms with van der Waals surface area (Å²) in [5, 5.41) is 37.3. The number of rotatable bonds is 11. The van der Waals surface area contributed by atoms with Crippen molar-refractivity contribution in [1.82, 2.24) is 0 Å². The highest BCUT2D eigenvalue weighted by molar-refractivity contribution is 5.67. The number of aliphatic hydroxyl groups is 3. The highest BCUT2D eigenvalue weighted by atomic mass is 19.1. The molecule has 0 aliphatic heterocycles. The Kier molecular flexibility index (Phi) is 11.7. The zero-order chi connectivity index (χ0) is 21.5. The highest BCUT2D eigenvalue weighted by Crippen LogP contribution is 2.11. The number of allylic oxidation sites excluding steroid dienone is 4. The third-order valence-corrected chi connectivity index (χ3v) is 3.23. The number of aliphatic carboxylic acids is 1. The van der Waals surface area contributed by atoms with Gasteiger partial charge in [0, 0.05) is 0 Å². The maximum absolute atomic E-state index is 12.8. The quantitative estimate of drug-likeness (QED) is 0.321. The second-order valence-electron chi connectivity index (χ2n) is 5.69. The van der Waals surface area contributed by atoms with Crippen molar-refractivity contribution in [3.05, 3.63) is 66.5 Å². The van der Waals surface area contributed by atoms with Gasteiger partial charge < -0.3 is 29.9 Å². The SMILES string of the molecule is O=C(O)COC[C@H](O)[C@H](O)/C=C/C=C/C#C/C=C/[C@@H](O)COc1ccc(F)cc1. The highest BCUT2D eigenvalue weighted by Gasteiger charge is 2.13. The molecule has 156 valence electrons. The lowest BCUT2D eigenvalue weighted by Gasteiger charge is -2.13. The first-order chi connectivity index (χ1) is 13.9. The van der Waals surface area contributed by atoms with Crippen LogP contribution in [0.4, 0.5) is 4.39 Å². The Morgan fingerprint density at radius 2 is 1.72 bits per heavy atom. The van der Waals surface area contributed by atoms with E-state index in [1.165, 1.54) is 60.7 Å². The molecule has 0 aliphatic rings. The van der Waals surface area contributed by atoms with Gasteiger partial charge in [-0.3, -0.25) is 0 Å². The smallest absolute Gasteiger partial charge is 0.329 e. The van der Waals surface area contributed by atoms with Crippen LogP contribution in [0.5, 0.6) is 5.75 Å². The summed E-state index contributed by atoms with van der Waals surface area (Å²) in [6.45, 7) is -0.859. The van der Waals surface area contributed by atoms with Gasteiger partial charge in [0.15, 0.2) is 0 Å². The number of carboxylic acid groups (broad SMARTS) is 1. The summed E-state index contributed by atoms with van der Waals surface area (Å²) in [4.78, 5) is 10.3. The standard InChI is InChI=1S/C21H23FO7/c22-16-9-11-18(12-10-16)29-13-17(23)7-5-3-1-2-4-6-8-19(24)20(25)14-28-15-21(26)27/h2,4-12,17,19-20,23-25H,13-15H2,(H,26,27)/b4-2+,7-5+,8-6+/t17-,19-,20+/m1/s1. The van der Waals surface area contributed by atoms with Crippen molar-refractivity contribution in [2.24, 2.45) is 0 Å². The number of carbonyl (C=O) groups is 1. The largest absolute Gasteiger partial charge is 0.491 e. The predicted molar refractivity (Wildman–Crippen MR) is 104 cm³/mol. The van der Waals surface area contributed by atoms with Crippen molar-refractivity contribution in [1.29, 1.82) is 0 Å². The van der Waals surface area contributed by atoms with Crippen LogP contribution in [0.2, 0.25) is 0 Å². The monoisotopic (exact) mass is 406 g/mol. The van der Waals surface area contributed by atoms with Gasteiger partial charge in [0.1, 0.15) is 43.1 Å². The first-order valence-corrected chi connectivity index (χ1v) is 8.61. The van der Waals surface area contributed by atoms with Crippen molar-refractivity contribution >= 4 is 5.97 Å². The zero-order valence-corrected chi connectivity index (χ0v) is 15.5. The van der Waals surface area contributed by atoms with E-state index in [1.807, 2.05) is 0 Å². The third kappa shape index (κ3) is 12.2. The first kappa shape index (κ1) is 24.1. The fourth-order valence-corrected chi connectivity index (χ4v) is 1.80. The lowest BCUT2D eigenvalue weighted by atomic mass is 10.2. The molecule has 0 amide bonds. The molecule has 1 rings (SSSR count). The van der Waals surface area contributed by atoms with E-state index in [4.69, 9.17) is 9.84 Å². The van der Waals surface area contributed by atoms with Gasteiger partial charge in [-0.15, -0.1) is 0 Å². The third-order valence-electron chi connectivity index (χ3n) is 3.23. The van der Waals surface area contributed by atoms with Crippen LogP contribution in [0.15, 0.2) is 60.7 Å². The van der Waals surface area contributed by atoms with Gasteiger partial charge in [-0.1, -0.05) is 30.1 Å². The van der Waals surface area contributed by atoms with Gasteiger partial charge in [0.25, 0.3) is 0 Å². The van der Waals surface area contributed by atoms with E-state index in [1.54, 1.807) is 0 Å². The van der Waals surface area contributed by atoms with Crippen molar-refractivity contribution < 1.29 is 39.1 Å². The molecule has 0 fully saturated rings. The number of hydrogen-bond acceptors (Lipinski definition) is 6. The molecule has 0 aromatic heterocycles. The average molecular weight is 406 g/mol. The Balaban J connectivity index is 2.27. The second kappa shape index (κ2) is 14.1. The average Bonchev–Trinajstić information content (AvgIpc) is 2.69. The Morgan fingerprint density at radius 1 is 1.03 bits per heavy atom. The molecule has 1 aromatic rings. The maximum Gasteiger partial charge on any atom is 0.329 e. The van der Waals surface area contributed by atoms with Gasteiger partial charge in [0.2, 0.25) is 0 Å². The van der Waals surface area contributed by atoms with Crippen molar-refractivity contribution in [3.8, 4) is 17.6 Å². The molecule has 29 heavy (non-hydrogen) atoms. The number of benzene rings is 1. The molecule has 0 heterocycles. The van der Waals surface area contributed by atoms with E-state index in [9.17, 15) is 24.5 Å². The number of hydrogen-bond donors (Lipinski definition) is 4. The van der Waals surface area contributed by atoms with Gasteiger partial charge in [0.05, 0.1) is 6.61 Å². The van der Waals surface area contributed by atoms with Crippen LogP contribution in [-0.4, -0.2) is 64.5 Å². The zero-order valence-electron chi connectivity index (χ0n) is 15.5. The molecular weight excluding hydrogens is 383 g/mol. The molecule has 1 aromatic carbocycles. The lowest BCUT2D eigenvalue weighted by molar-refractivity contribution is -0.143. The van der Waals surface area contributed by atoms with E-state index in [2.05, 4.69) is 16.6 Å². The molecule has 8 heteroatoms. The summed E-state index contributed by atoms with van der Waals surface area (Å²) < 4.78 is 22.7. The number of ether oxygens (including phenoxy) is 2. The summed E-state index contributed by atoms with van der Waals surface area (Å²) >= 11 is 0. The summed E-state index contributed by atoms with van der Waals surface area (Å²) in [6, 6.07) is 5.44.